The smallest absolute Gasteiger partial charge is 0.326 e. The van der Waals surface area contributed by atoms with Crippen molar-refractivity contribution in [3.8, 4) is 5.75 Å². The number of ether oxygens (including phenoxy) is 2. The first kappa shape index (κ1) is 19.2. The maximum atomic E-state index is 12.7. The molecular weight excluding hydrogens is 366 g/mol. The van der Waals surface area contributed by atoms with E-state index in [-0.39, 0.29) is 12.5 Å². The van der Waals surface area contributed by atoms with E-state index in [1.54, 1.807) is 32.0 Å². The lowest BCUT2D eigenvalue weighted by molar-refractivity contribution is -0.144. The molecule has 1 aliphatic heterocycles. The topological polar surface area (TPSA) is 55.8 Å². The second-order valence-electron chi connectivity index (χ2n) is 6.93. The number of hydrogen-bond donors (Lipinski definition) is 0. The van der Waals surface area contributed by atoms with Gasteiger partial charge in [0.15, 0.2) is 5.60 Å². The summed E-state index contributed by atoms with van der Waals surface area (Å²) in [6.07, 6.45) is 1.55. The van der Waals surface area contributed by atoms with Crippen LogP contribution in [0.5, 0.6) is 5.75 Å². The lowest BCUT2D eigenvalue weighted by Crippen LogP contribution is -2.54. The highest BCUT2D eigenvalue weighted by Gasteiger charge is 2.41. The van der Waals surface area contributed by atoms with E-state index in [9.17, 15) is 9.59 Å². The predicted octanol–water partition coefficient (Wildman–Crippen LogP) is 4.02. The standard InChI is InChI=1S/C21H22ClNO4/c1-21(2)20(25)23(17-13-16(22)10-11-18(17)27-21)14-19(24)26-12-6-9-15-7-4-3-5-8-15/h3-5,7-8,10-11,13H,6,9,12,14H2,1-2H3. The molecule has 1 amide bonds. The monoisotopic (exact) mass is 387 g/mol. The molecule has 27 heavy (non-hydrogen) atoms. The van der Waals surface area contributed by atoms with Crippen molar-refractivity contribution in [1.82, 2.24) is 0 Å². The summed E-state index contributed by atoms with van der Waals surface area (Å²) < 4.78 is 11.1. The normalized spacial score (nSPS) is 15.1. The fraction of sp³-hybridized carbons (Fsp3) is 0.333. The van der Waals surface area contributed by atoms with E-state index >= 15 is 0 Å². The molecule has 6 heteroatoms. The molecule has 1 aliphatic rings. The molecule has 1 heterocycles. The first-order valence-electron chi connectivity index (χ1n) is 8.87. The Morgan fingerprint density at radius 3 is 2.67 bits per heavy atom. The van der Waals surface area contributed by atoms with Crippen molar-refractivity contribution in [2.45, 2.75) is 32.3 Å². The molecule has 2 aromatic rings. The number of amides is 1. The highest BCUT2D eigenvalue weighted by molar-refractivity contribution is 6.31. The average molecular weight is 388 g/mol. The molecule has 0 aromatic heterocycles. The number of rotatable bonds is 6. The molecule has 5 nitrogen and oxygen atoms in total. The van der Waals surface area contributed by atoms with Crippen molar-refractivity contribution in [3.05, 3.63) is 59.1 Å². The van der Waals surface area contributed by atoms with Crippen molar-refractivity contribution in [3.63, 3.8) is 0 Å². The van der Waals surface area contributed by atoms with E-state index < -0.39 is 11.6 Å². The third-order valence-electron chi connectivity index (χ3n) is 4.34. The van der Waals surface area contributed by atoms with Gasteiger partial charge in [0.2, 0.25) is 0 Å². The quantitative estimate of drug-likeness (QED) is 0.555. The molecule has 0 unspecified atom stereocenters. The third-order valence-corrected chi connectivity index (χ3v) is 4.58. The Balaban J connectivity index is 1.61. The van der Waals surface area contributed by atoms with Gasteiger partial charge in [0.1, 0.15) is 12.3 Å². The van der Waals surface area contributed by atoms with Crippen molar-refractivity contribution < 1.29 is 19.1 Å². The van der Waals surface area contributed by atoms with Crippen LogP contribution in [0, 0.1) is 0 Å². The van der Waals surface area contributed by atoms with Crippen LogP contribution in [-0.2, 0) is 20.7 Å². The SMILES string of the molecule is CC1(C)Oc2ccc(Cl)cc2N(CC(=O)OCCCc2ccccc2)C1=O. The Labute approximate surface area is 163 Å². The van der Waals surface area contributed by atoms with Gasteiger partial charge in [0.25, 0.3) is 5.91 Å². The number of fused-ring (bicyclic) bond motifs is 1. The maximum absolute atomic E-state index is 12.7. The fourth-order valence-corrected chi connectivity index (χ4v) is 3.15. The number of hydrogen-bond acceptors (Lipinski definition) is 4. The van der Waals surface area contributed by atoms with E-state index in [2.05, 4.69) is 0 Å². The highest BCUT2D eigenvalue weighted by Crippen LogP contribution is 2.39. The molecule has 0 atom stereocenters. The van der Waals surface area contributed by atoms with Crippen LogP contribution in [0.15, 0.2) is 48.5 Å². The number of halogens is 1. The second-order valence-corrected chi connectivity index (χ2v) is 7.36. The molecule has 3 rings (SSSR count). The summed E-state index contributed by atoms with van der Waals surface area (Å²) in [6.45, 7) is 3.47. The molecular formula is C21H22ClNO4. The van der Waals surface area contributed by atoms with Gasteiger partial charge in [-0.3, -0.25) is 14.5 Å². The van der Waals surface area contributed by atoms with Crippen LogP contribution in [0.4, 0.5) is 5.69 Å². The lowest BCUT2D eigenvalue weighted by Gasteiger charge is -2.38. The number of benzene rings is 2. The first-order chi connectivity index (χ1) is 12.9. The van der Waals surface area contributed by atoms with E-state index in [0.29, 0.717) is 23.1 Å². The zero-order valence-corrected chi connectivity index (χ0v) is 16.2. The number of nitrogens with zero attached hydrogens (tertiary/aromatic N) is 1. The van der Waals surface area contributed by atoms with Crippen LogP contribution in [0.1, 0.15) is 25.8 Å². The summed E-state index contributed by atoms with van der Waals surface area (Å²) in [7, 11) is 0. The fourth-order valence-electron chi connectivity index (χ4n) is 2.98. The van der Waals surface area contributed by atoms with Crippen LogP contribution in [0.3, 0.4) is 0 Å². The lowest BCUT2D eigenvalue weighted by atomic mass is 10.0. The third kappa shape index (κ3) is 4.61. The van der Waals surface area contributed by atoms with E-state index in [1.807, 2.05) is 30.3 Å². The number of esters is 1. The second kappa shape index (κ2) is 8.01. The molecule has 0 bridgehead atoms. The molecule has 0 N–H and O–H groups in total. The summed E-state index contributed by atoms with van der Waals surface area (Å²) in [5.41, 5.74) is 0.615. The Morgan fingerprint density at radius 2 is 1.93 bits per heavy atom. The van der Waals surface area contributed by atoms with Gasteiger partial charge < -0.3 is 9.47 Å². The molecule has 0 aliphatic carbocycles. The predicted molar refractivity (Wildman–Crippen MR) is 104 cm³/mol. The summed E-state index contributed by atoms with van der Waals surface area (Å²) >= 11 is 6.05. The molecule has 2 aromatic carbocycles. The van der Waals surface area contributed by atoms with Crippen molar-refractivity contribution in [2.75, 3.05) is 18.1 Å². The largest absolute Gasteiger partial charge is 0.476 e. The van der Waals surface area contributed by atoms with E-state index in [4.69, 9.17) is 21.1 Å². The summed E-state index contributed by atoms with van der Waals surface area (Å²) in [5.74, 6) is -0.251. The molecule has 0 saturated heterocycles. The zero-order chi connectivity index (χ0) is 19.4. The summed E-state index contributed by atoms with van der Waals surface area (Å²) in [6, 6.07) is 15.0. The van der Waals surface area contributed by atoms with Gasteiger partial charge in [-0.15, -0.1) is 0 Å². The van der Waals surface area contributed by atoms with Crippen LogP contribution in [0.25, 0.3) is 0 Å². The first-order valence-corrected chi connectivity index (χ1v) is 9.25. The minimum Gasteiger partial charge on any atom is -0.476 e. The molecule has 0 spiro atoms. The number of anilines is 1. The Kier molecular flexibility index (Phi) is 5.71. The molecule has 142 valence electrons. The van der Waals surface area contributed by atoms with Gasteiger partial charge in [-0.25, -0.2) is 0 Å². The van der Waals surface area contributed by atoms with Crippen LogP contribution in [0.2, 0.25) is 5.02 Å². The molecule has 0 saturated carbocycles. The maximum Gasteiger partial charge on any atom is 0.326 e. The van der Waals surface area contributed by atoms with Gasteiger partial charge >= 0.3 is 5.97 Å². The van der Waals surface area contributed by atoms with Gasteiger partial charge in [-0.2, -0.15) is 0 Å². The molecule has 0 radical (unpaired) electrons. The van der Waals surface area contributed by atoms with Crippen LogP contribution >= 0.6 is 11.6 Å². The van der Waals surface area contributed by atoms with Crippen molar-refractivity contribution >= 4 is 29.2 Å². The average Bonchev–Trinajstić information content (AvgIpc) is 2.64. The van der Waals surface area contributed by atoms with Crippen LogP contribution in [-0.4, -0.2) is 30.6 Å². The molecule has 0 fully saturated rings. The van der Waals surface area contributed by atoms with Gasteiger partial charge in [0.05, 0.1) is 12.3 Å². The van der Waals surface area contributed by atoms with E-state index in [1.165, 1.54) is 10.5 Å². The van der Waals surface area contributed by atoms with E-state index in [0.717, 1.165) is 12.8 Å². The number of carbonyl (C=O) groups is 2. The van der Waals surface area contributed by atoms with Gasteiger partial charge in [-0.1, -0.05) is 41.9 Å². The minimum atomic E-state index is -1.06. The number of aryl methyl sites for hydroxylation is 1. The number of carbonyl (C=O) groups excluding carboxylic acids is 2. The minimum absolute atomic E-state index is 0.176. The Hall–Kier alpha value is -2.53. The zero-order valence-electron chi connectivity index (χ0n) is 15.4. The van der Waals surface area contributed by atoms with Gasteiger partial charge in [0, 0.05) is 5.02 Å². The summed E-state index contributed by atoms with van der Waals surface area (Å²) in [4.78, 5) is 26.4. The van der Waals surface area contributed by atoms with Crippen LogP contribution < -0.4 is 9.64 Å². The van der Waals surface area contributed by atoms with Crippen molar-refractivity contribution in [2.24, 2.45) is 0 Å². The summed E-state index contributed by atoms with van der Waals surface area (Å²) in [5, 5.41) is 0.464. The Bertz CT molecular complexity index is 835. The van der Waals surface area contributed by atoms with Gasteiger partial charge in [-0.05, 0) is 50.5 Å². The van der Waals surface area contributed by atoms with Crippen molar-refractivity contribution in [1.29, 1.82) is 0 Å². The Morgan fingerprint density at radius 1 is 1.19 bits per heavy atom. The highest BCUT2D eigenvalue weighted by atomic mass is 35.5.